The number of carboxylic acids is 1. The number of hydrogen-bond donors (Lipinski definition) is 2. The van der Waals surface area contributed by atoms with Gasteiger partial charge in [0.05, 0.1) is 10.5 Å². The molecule has 6 nitrogen and oxygen atoms in total. The summed E-state index contributed by atoms with van der Waals surface area (Å²) in [6.45, 7) is 3.38. The van der Waals surface area contributed by atoms with Gasteiger partial charge in [-0.1, -0.05) is 6.07 Å². The summed E-state index contributed by atoms with van der Waals surface area (Å²) in [7, 11) is 0. The van der Waals surface area contributed by atoms with E-state index in [1.165, 1.54) is 12.1 Å². The van der Waals surface area contributed by atoms with E-state index in [1.807, 2.05) is 0 Å². The molecular weight excluding hydrogens is 272 g/mol. The predicted molar refractivity (Wildman–Crippen MR) is 79.3 cm³/mol. The van der Waals surface area contributed by atoms with Crippen molar-refractivity contribution in [1.82, 2.24) is 0 Å². The molecule has 0 saturated carbocycles. The van der Waals surface area contributed by atoms with Gasteiger partial charge in [0, 0.05) is 23.0 Å². The third kappa shape index (κ3) is 3.17. The molecule has 0 aliphatic rings. The highest BCUT2D eigenvalue weighted by Crippen LogP contribution is 2.25. The Bertz CT molecular complexity index is 726. The fourth-order valence-corrected chi connectivity index (χ4v) is 2.03. The second-order valence-electron chi connectivity index (χ2n) is 4.72. The lowest BCUT2D eigenvalue weighted by molar-refractivity contribution is -0.385. The van der Waals surface area contributed by atoms with Crippen molar-refractivity contribution in [2.75, 3.05) is 5.32 Å². The molecule has 0 aliphatic carbocycles. The Morgan fingerprint density at radius 1 is 1.10 bits per heavy atom. The highest BCUT2D eigenvalue weighted by atomic mass is 16.6. The highest BCUT2D eigenvalue weighted by molar-refractivity contribution is 5.90. The maximum atomic E-state index is 11.1. The van der Waals surface area contributed by atoms with E-state index in [2.05, 4.69) is 5.32 Å². The van der Waals surface area contributed by atoms with E-state index in [9.17, 15) is 14.9 Å². The van der Waals surface area contributed by atoms with E-state index in [0.717, 1.165) is 0 Å². The zero-order valence-electron chi connectivity index (χ0n) is 11.6. The molecule has 6 heteroatoms. The molecule has 0 unspecified atom stereocenters. The number of nitrogens with zero attached hydrogens (tertiary/aromatic N) is 1. The van der Waals surface area contributed by atoms with Crippen LogP contribution in [0.3, 0.4) is 0 Å². The fourth-order valence-electron chi connectivity index (χ4n) is 2.03. The van der Waals surface area contributed by atoms with Crippen molar-refractivity contribution in [1.29, 1.82) is 0 Å². The van der Waals surface area contributed by atoms with Crippen LogP contribution >= 0.6 is 0 Å². The van der Waals surface area contributed by atoms with Gasteiger partial charge in [0.2, 0.25) is 0 Å². The molecule has 108 valence electrons. The van der Waals surface area contributed by atoms with E-state index in [1.54, 1.807) is 38.1 Å². The zero-order valence-corrected chi connectivity index (χ0v) is 11.6. The minimum atomic E-state index is -0.990. The van der Waals surface area contributed by atoms with E-state index in [-0.39, 0.29) is 11.3 Å². The van der Waals surface area contributed by atoms with Gasteiger partial charge in [-0.3, -0.25) is 10.1 Å². The molecule has 0 aromatic heterocycles. The Hall–Kier alpha value is -2.89. The molecule has 2 aromatic carbocycles. The van der Waals surface area contributed by atoms with Crippen LogP contribution in [0.4, 0.5) is 17.1 Å². The normalized spacial score (nSPS) is 10.2. The van der Waals surface area contributed by atoms with Gasteiger partial charge < -0.3 is 10.4 Å². The quantitative estimate of drug-likeness (QED) is 0.661. The van der Waals surface area contributed by atoms with Crippen LogP contribution in [0.5, 0.6) is 0 Å². The minimum Gasteiger partial charge on any atom is -0.478 e. The minimum absolute atomic E-state index is 0.0516. The average Bonchev–Trinajstić information content (AvgIpc) is 2.40. The summed E-state index contributed by atoms with van der Waals surface area (Å²) in [5.41, 5.74) is 2.77. The molecule has 21 heavy (non-hydrogen) atoms. The second-order valence-corrected chi connectivity index (χ2v) is 4.72. The lowest BCUT2D eigenvalue weighted by Gasteiger charge is -2.09. The van der Waals surface area contributed by atoms with Gasteiger partial charge in [0.1, 0.15) is 0 Å². The third-order valence-corrected chi connectivity index (χ3v) is 3.15. The summed E-state index contributed by atoms with van der Waals surface area (Å²) in [5, 5.41) is 22.9. The number of nitro groups is 1. The maximum absolute atomic E-state index is 11.1. The van der Waals surface area contributed by atoms with Gasteiger partial charge in [-0.25, -0.2) is 4.79 Å². The van der Waals surface area contributed by atoms with Gasteiger partial charge in [-0.05, 0) is 43.7 Å². The predicted octanol–water partition coefficient (Wildman–Crippen LogP) is 3.65. The molecule has 0 bridgehead atoms. The van der Waals surface area contributed by atoms with Crippen LogP contribution < -0.4 is 5.32 Å². The van der Waals surface area contributed by atoms with Gasteiger partial charge in [0.25, 0.3) is 5.69 Å². The smallest absolute Gasteiger partial charge is 0.336 e. The van der Waals surface area contributed by atoms with Crippen molar-refractivity contribution in [3.63, 3.8) is 0 Å². The lowest BCUT2D eigenvalue weighted by Crippen LogP contribution is -2.01. The van der Waals surface area contributed by atoms with Gasteiger partial charge in [-0.2, -0.15) is 0 Å². The molecule has 2 aromatic rings. The fraction of sp³-hybridized carbons (Fsp3) is 0.133. The zero-order chi connectivity index (χ0) is 15.6. The number of carbonyl (C=O) groups is 1. The summed E-state index contributed by atoms with van der Waals surface area (Å²) < 4.78 is 0. The van der Waals surface area contributed by atoms with Crippen molar-refractivity contribution >= 4 is 23.0 Å². The van der Waals surface area contributed by atoms with Gasteiger partial charge in [0.15, 0.2) is 0 Å². The summed E-state index contributed by atoms with van der Waals surface area (Å²) in [6.07, 6.45) is 0. The standard InChI is InChI=1S/C15H14N2O4/c1-9-3-4-12(8-13(9)15(18)19)16-11-5-6-14(17(20)21)10(2)7-11/h3-8,16H,1-2H3,(H,18,19). The van der Waals surface area contributed by atoms with Crippen LogP contribution in [0.15, 0.2) is 36.4 Å². The largest absolute Gasteiger partial charge is 0.478 e. The van der Waals surface area contributed by atoms with E-state index in [4.69, 9.17) is 5.11 Å². The van der Waals surface area contributed by atoms with Crippen molar-refractivity contribution in [3.05, 3.63) is 63.2 Å². The number of carboxylic acid groups (broad SMARTS) is 1. The molecule has 0 aliphatic heterocycles. The molecule has 2 N–H and O–H groups in total. The Labute approximate surface area is 121 Å². The summed E-state index contributed by atoms with van der Waals surface area (Å²) in [6, 6.07) is 9.67. The van der Waals surface area contributed by atoms with Crippen LogP contribution in [-0.2, 0) is 0 Å². The number of rotatable bonds is 4. The number of nitrogens with one attached hydrogen (secondary N) is 1. The number of benzene rings is 2. The first-order valence-corrected chi connectivity index (χ1v) is 6.24. The topological polar surface area (TPSA) is 92.5 Å². The Morgan fingerprint density at radius 3 is 2.29 bits per heavy atom. The molecule has 0 heterocycles. The first kappa shape index (κ1) is 14.5. The Morgan fingerprint density at radius 2 is 1.71 bits per heavy atom. The average molecular weight is 286 g/mol. The van der Waals surface area contributed by atoms with E-state index in [0.29, 0.717) is 22.5 Å². The summed E-state index contributed by atoms with van der Waals surface area (Å²) >= 11 is 0. The molecule has 0 amide bonds. The van der Waals surface area contributed by atoms with Crippen molar-refractivity contribution in [2.45, 2.75) is 13.8 Å². The number of aromatic carboxylic acids is 1. The van der Waals surface area contributed by atoms with Crippen LogP contribution in [0.2, 0.25) is 0 Å². The maximum Gasteiger partial charge on any atom is 0.336 e. The number of aryl methyl sites for hydroxylation is 2. The Kier molecular flexibility index (Phi) is 3.89. The monoisotopic (exact) mass is 286 g/mol. The van der Waals surface area contributed by atoms with Gasteiger partial charge >= 0.3 is 5.97 Å². The molecule has 2 rings (SSSR count). The van der Waals surface area contributed by atoms with E-state index >= 15 is 0 Å². The van der Waals surface area contributed by atoms with Crippen LogP contribution in [0.1, 0.15) is 21.5 Å². The molecule has 0 spiro atoms. The third-order valence-electron chi connectivity index (χ3n) is 3.15. The highest BCUT2D eigenvalue weighted by Gasteiger charge is 2.11. The van der Waals surface area contributed by atoms with Crippen molar-refractivity contribution < 1.29 is 14.8 Å². The number of nitro benzene ring substituents is 1. The molecule has 0 radical (unpaired) electrons. The second kappa shape index (κ2) is 5.62. The SMILES string of the molecule is Cc1ccc(Nc2ccc([N+](=O)[O-])c(C)c2)cc1C(=O)O. The van der Waals surface area contributed by atoms with Crippen LogP contribution in [0.25, 0.3) is 0 Å². The molecule has 0 fully saturated rings. The summed E-state index contributed by atoms with van der Waals surface area (Å²) in [5.74, 6) is -0.990. The first-order chi connectivity index (χ1) is 9.88. The van der Waals surface area contributed by atoms with Gasteiger partial charge in [-0.15, -0.1) is 0 Å². The Balaban J connectivity index is 2.30. The molecule has 0 saturated heterocycles. The van der Waals surface area contributed by atoms with Crippen LogP contribution in [-0.4, -0.2) is 16.0 Å². The van der Waals surface area contributed by atoms with Crippen molar-refractivity contribution in [3.8, 4) is 0 Å². The molecular formula is C15H14N2O4. The lowest BCUT2D eigenvalue weighted by atomic mass is 10.1. The van der Waals surface area contributed by atoms with Crippen molar-refractivity contribution in [2.24, 2.45) is 0 Å². The first-order valence-electron chi connectivity index (χ1n) is 6.24. The number of hydrogen-bond acceptors (Lipinski definition) is 4. The number of anilines is 2. The van der Waals surface area contributed by atoms with Crippen LogP contribution in [0, 0.1) is 24.0 Å². The summed E-state index contributed by atoms with van der Waals surface area (Å²) in [4.78, 5) is 21.4. The molecule has 0 atom stereocenters. The van der Waals surface area contributed by atoms with E-state index < -0.39 is 10.9 Å².